The fourth-order valence-electron chi connectivity index (χ4n) is 2.80. The molecule has 6 nitrogen and oxygen atoms in total. The number of carbonyl (C=O) groups excluding carboxylic acids is 2. The number of rotatable bonds is 2. The number of hydrogen-bond donors (Lipinski definition) is 1. The van der Waals surface area contributed by atoms with Gasteiger partial charge in [0, 0.05) is 39.2 Å². The molecule has 0 saturated carbocycles. The van der Waals surface area contributed by atoms with E-state index < -0.39 is 11.6 Å². The zero-order valence-corrected chi connectivity index (χ0v) is 14.7. The van der Waals surface area contributed by atoms with Crippen LogP contribution in [0.5, 0.6) is 0 Å². The summed E-state index contributed by atoms with van der Waals surface area (Å²) >= 11 is 1.10. The lowest BCUT2D eigenvalue weighted by Crippen LogP contribution is -2.45. The van der Waals surface area contributed by atoms with Crippen LogP contribution in [0.25, 0.3) is 10.2 Å². The predicted octanol–water partition coefficient (Wildman–Crippen LogP) is 2.91. The normalized spacial score (nSPS) is 15.4. The van der Waals surface area contributed by atoms with Crippen LogP contribution in [-0.4, -0.2) is 53.9 Å². The molecule has 0 bridgehead atoms. The molecule has 134 valence electrons. The van der Waals surface area contributed by atoms with Gasteiger partial charge in [0.15, 0.2) is 16.8 Å². The summed E-state index contributed by atoms with van der Waals surface area (Å²) in [4.78, 5) is 31.6. The van der Waals surface area contributed by atoms with Crippen molar-refractivity contribution < 1.29 is 18.4 Å². The van der Waals surface area contributed by atoms with E-state index in [1.807, 2.05) is 0 Å². The van der Waals surface area contributed by atoms with Gasteiger partial charge in [0.25, 0.3) is 0 Å². The predicted molar refractivity (Wildman–Crippen MR) is 91.5 cm³/mol. The molecule has 9 heteroatoms. The molecule has 1 aromatic heterocycles. The highest BCUT2D eigenvalue weighted by Gasteiger charge is 2.28. The van der Waals surface area contributed by atoms with Gasteiger partial charge in [0.05, 0.1) is 10.2 Å². The molecule has 0 radical (unpaired) electrons. The second-order valence-electron chi connectivity index (χ2n) is 6.18. The van der Waals surface area contributed by atoms with Crippen LogP contribution in [0.2, 0.25) is 0 Å². The first-order valence-electron chi connectivity index (χ1n) is 7.88. The Kier molecular flexibility index (Phi) is 4.85. The number of aromatic nitrogens is 1. The number of halogens is 2. The summed E-state index contributed by atoms with van der Waals surface area (Å²) in [5.74, 6) is -2.30. The number of urea groups is 1. The van der Waals surface area contributed by atoms with Gasteiger partial charge in [0.2, 0.25) is 5.91 Å². The van der Waals surface area contributed by atoms with Gasteiger partial charge in [-0.2, -0.15) is 0 Å². The summed E-state index contributed by atoms with van der Waals surface area (Å²) in [5, 5.41) is 3.03. The third kappa shape index (κ3) is 3.71. The van der Waals surface area contributed by atoms with E-state index in [-0.39, 0.29) is 17.9 Å². The molecular weight excluding hydrogens is 350 g/mol. The zero-order valence-electron chi connectivity index (χ0n) is 13.9. The van der Waals surface area contributed by atoms with Crippen molar-refractivity contribution in [2.45, 2.75) is 12.8 Å². The summed E-state index contributed by atoms with van der Waals surface area (Å²) in [5.41, 5.74) is 0.311. The molecule has 1 fully saturated rings. The van der Waals surface area contributed by atoms with Crippen molar-refractivity contribution in [3.8, 4) is 0 Å². The van der Waals surface area contributed by atoms with Crippen LogP contribution >= 0.6 is 11.3 Å². The van der Waals surface area contributed by atoms with E-state index in [4.69, 9.17) is 0 Å². The summed E-state index contributed by atoms with van der Waals surface area (Å²) in [6.07, 6.45) is 1.14. The number of fused-ring (bicyclic) bond motifs is 1. The maximum absolute atomic E-state index is 13.3. The minimum Gasteiger partial charge on any atom is -0.331 e. The highest BCUT2D eigenvalue weighted by Crippen LogP contribution is 2.29. The zero-order chi connectivity index (χ0) is 18.1. The lowest BCUT2D eigenvalue weighted by molar-refractivity contribution is -0.121. The molecule has 1 aliphatic rings. The third-order valence-corrected chi connectivity index (χ3v) is 5.11. The summed E-state index contributed by atoms with van der Waals surface area (Å²) < 4.78 is 27.0. The summed E-state index contributed by atoms with van der Waals surface area (Å²) in [7, 11) is 3.39. The number of carbonyl (C=O) groups is 2. The average molecular weight is 368 g/mol. The molecule has 1 aliphatic heterocycles. The standard InChI is InChI=1S/C16H18F2N4O2S/c1-21(2)16(24)22-5-3-9(4-6-22)14(23)20-15-19-12-7-10(17)11(18)8-13(12)25-15/h7-9H,3-6H2,1-2H3,(H,19,20,23). The molecule has 1 aromatic carbocycles. The molecule has 2 aromatic rings. The lowest BCUT2D eigenvalue weighted by atomic mass is 9.96. The summed E-state index contributed by atoms with van der Waals surface area (Å²) in [6.45, 7) is 1.04. The Morgan fingerprint density at radius 3 is 2.52 bits per heavy atom. The van der Waals surface area contributed by atoms with Gasteiger partial charge in [-0.3, -0.25) is 4.79 Å². The van der Waals surface area contributed by atoms with Gasteiger partial charge in [-0.15, -0.1) is 0 Å². The van der Waals surface area contributed by atoms with Crippen molar-refractivity contribution in [3.05, 3.63) is 23.8 Å². The molecule has 0 unspecified atom stereocenters. The average Bonchev–Trinajstić information content (AvgIpc) is 2.95. The van der Waals surface area contributed by atoms with Gasteiger partial charge in [-0.05, 0) is 18.9 Å². The molecule has 2 heterocycles. The number of benzene rings is 1. The van der Waals surface area contributed by atoms with Crippen LogP contribution in [0, 0.1) is 17.6 Å². The first-order valence-corrected chi connectivity index (χ1v) is 8.69. The number of piperidine rings is 1. The van der Waals surface area contributed by atoms with Crippen LogP contribution in [0.3, 0.4) is 0 Å². The highest BCUT2D eigenvalue weighted by molar-refractivity contribution is 7.22. The van der Waals surface area contributed by atoms with Crippen molar-refractivity contribution in [1.29, 1.82) is 0 Å². The number of nitrogens with zero attached hydrogens (tertiary/aromatic N) is 3. The number of hydrogen-bond acceptors (Lipinski definition) is 4. The molecule has 1 saturated heterocycles. The van der Waals surface area contributed by atoms with Crippen LogP contribution < -0.4 is 5.32 Å². The SMILES string of the molecule is CN(C)C(=O)N1CCC(C(=O)Nc2nc3cc(F)c(F)cc3s2)CC1. The number of likely N-dealkylation sites (tertiary alicyclic amines) is 1. The van der Waals surface area contributed by atoms with Gasteiger partial charge >= 0.3 is 6.03 Å². The molecule has 0 atom stereocenters. The van der Waals surface area contributed by atoms with Crippen molar-refractivity contribution in [2.75, 3.05) is 32.5 Å². The Morgan fingerprint density at radius 1 is 1.24 bits per heavy atom. The fraction of sp³-hybridized carbons (Fsp3) is 0.438. The minimum absolute atomic E-state index is 0.0610. The van der Waals surface area contributed by atoms with Gasteiger partial charge in [-0.25, -0.2) is 18.6 Å². The van der Waals surface area contributed by atoms with Crippen LogP contribution in [0.15, 0.2) is 12.1 Å². The van der Waals surface area contributed by atoms with Gasteiger partial charge in [-0.1, -0.05) is 11.3 Å². The second kappa shape index (κ2) is 6.91. The van der Waals surface area contributed by atoms with Gasteiger partial charge in [0.1, 0.15) is 0 Å². The van der Waals surface area contributed by atoms with E-state index in [0.717, 1.165) is 23.5 Å². The first-order chi connectivity index (χ1) is 11.8. The lowest BCUT2D eigenvalue weighted by Gasteiger charge is -2.32. The number of amides is 3. The molecule has 25 heavy (non-hydrogen) atoms. The minimum atomic E-state index is -0.964. The van der Waals surface area contributed by atoms with E-state index in [0.29, 0.717) is 41.3 Å². The second-order valence-corrected chi connectivity index (χ2v) is 7.21. The Labute approximate surface area is 147 Å². The molecule has 3 rings (SSSR count). The van der Waals surface area contributed by atoms with Crippen LogP contribution in [0.1, 0.15) is 12.8 Å². The largest absolute Gasteiger partial charge is 0.331 e. The van der Waals surface area contributed by atoms with E-state index in [1.165, 1.54) is 4.90 Å². The van der Waals surface area contributed by atoms with Crippen LogP contribution in [0.4, 0.5) is 18.7 Å². The van der Waals surface area contributed by atoms with Crippen molar-refractivity contribution >= 4 is 38.6 Å². The monoisotopic (exact) mass is 368 g/mol. The first kappa shape index (κ1) is 17.5. The number of thiazole rings is 1. The molecule has 1 N–H and O–H groups in total. The smallest absolute Gasteiger partial charge is 0.319 e. The van der Waals surface area contributed by atoms with E-state index in [1.54, 1.807) is 19.0 Å². The molecule has 0 spiro atoms. The van der Waals surface area contributed by atoms with Crippen LogP contribution in [-0.2, 0) is 4.79 Å². The molecule has 0 aliphatic carbocycles. The van der Waals surface area contributed by atoms with Gasteiger partial charge < -0.3 is 15.1 Å². The maximum atomic E-state index is 13.3. The van der Waals surface area contributed by atoms with Crippen molar-refractivity contribution in [1.82, 2.24) is 14.8 Å². The topological polar surface area (TPSA) is 65.5 Å². The van der Waals surface area contributed by atoms with E-state index >= 15 is 0 Å². The van der Waals surface area contributed by atoms with Crippen molar-refractivity contribution in [3.63, 3.8) is 0 Å². The Morgan fingerprint density at radius 2 is 1.88 bits per heavy atom. The van der Waals surface area contributed by atoms with E-state index in [2.05, 4.69) is 10.3 Å². The highest BCUT2D eigenvalue weighted by atomic mass is 32.1. The number of anilines is 1. The summed E-state index contributed by atoms with van der Waals surface area (Å²) in [6, 6.07) is 2.03. The maximum Gasteiger partial charge on any atom is 0.319 e. The Hall–Kier alpha value is -2.29. The molecular formula is C16H18F2N4O2S. The molecule has 3 amide bonds. The van der Waals surface area contributed by atoms with E-state index in [9.17, 15) is 18.4 Å². The fourth-order valence-corrected chi connectivity index (χ4v) is 3.68. The van der Waals surface area contributed by atoms with Crippen molar-refractivity contribution in [2.24, 2.45) is 5.92 Å². The quantitative estimate of drug-likeness (QED) is 0.886. The Balaban J connectivity index is 1.62. The Bertz CT molecular complexity index is 777. The third-order valence-electron chi connectivity index (χ3n) is 4.18. The number of nitrogens with one attached hydrogen (secondary N) is 1.